The molecule has 0 radical (unpaired) electrons. The fourth-order valence-corrected chi connectivity index (χ4v) is 3.43. The Labute approximate surface area is 114 Å². The van der Waals surface area contributed by atoms with Gasteiger partial charge < -0.3 is 11.1 Å². The van der Waals surface area contributed by atoms with E-state index in [4.69, 9.17) is 5.73 Å². The van der Waals surface area contributed by atoms with Crippen LogP contribution in [0.5, 0.6) is 0 Å². The van der Waals surface area contributed by atoms with Crippen molar-refractivity contribution in [3.63, 3.8) is 0 Å². The van der Waals surface area contributed by atoms with Gasteiger partial charge in [-0.2, -0.15) is 16.9 Å². The van der Waals surface area contributed by atoms with Crippen LogP contribution in [-0.2, 0) is 7.05 Å². The first-order valence-corrected chi connectivity index (χ1v) is 7.93. The summed E-state index contributed by atoms with van der Waals surface area (Å²) in [5.74, 6) is 1.36. The van der Waals surface area contributed by atoms with E-state index >= 15 is 0 Å². The van der Waals surface area contributed by atoms with Crippen LogP contribution in [0, 0.1) is 0 Å². The van der Waals surface area contributed by atoms with Crippen LogP contribution in [0.15, 0.2) is 0 Å². The van der Waals surface area contributed by atoms with Crippen molar-refractivity contribution in [3.05, 3.63) is 5.69 Å². The number of aryl methyl sites for hydroxylation is 1. The van der Waals surface area contributed by atoms with Crippen LogP contribution in [-0.4, -0.2) is 27.3 Å². The Kier molecular flexibility index (Phi) is 4.10. The molecule has 1 aliphatic carbocycles. The molecule has 1 saturated carbocycles. The molecule has 0 aromatic carbocycles. The molecule has 1 aromatic heterocycles. The predicted octanol–water partition coefficient (Wildman–Crippen LogP) is 2.82. The first kappa shape index (κ1) is 13.6. The van der Waals surface area contributed by atoms with Crippen molar-refractivity contribution in [3.8, 4) is 0 Å². The van der Waals surface area contributed by atoms with Gasteiger partial charge in [-0.25, -0.2) is 0 Å². The standard InChI is InChI=1S/C13H24N4S/c1-8(2)12-11(14)13(17(3)16-12)15-9-5-6-10(7-9)18-4/h8-10,15H,5-7,14H2,1-4H3. The number of hydrogen-bond acceptors (Lipinski definition) is 4. The van der Waals surface area contributed by atoms with Gasteiger partial charge in [0.25, 0.3) is 0 Å². The SMILES string of the molecule is CSC1CCC(Nc2c(N)c(C(C)C)nn2C)C1. The molecule has 0 saturated heterocycles. The Morgan fingerprint density at radius 2 is 2.17 bits per heavy atom. The van der Waals surface area contributed by atoms with Gasteiger partial charge in [0.05, 0.1) is 11.4 Å². The number of anilines is 2. The molecule has 1 heterocycles. The Morgan fingerprint density at radius 1 is 1.44 bits per heavy atom. The largest absolute Gasteiger partial charge is 0.394 e. The summed E-state index contributed by atoms with van der Waals surface area (Å²) in [6.45, 7) is 4.25. The molecule has 5 heteroatoms. The second-order valence-electron chi connectivity index (χ2n) is 5.44. The van der Waals surface area contributed by atoms with E-state index in [-0.39, 0.29) is 0 Å². The number of nitrogens with one attached hydrogen (secondary N) is 1. The second kappa shape index (κ2) is 5.43. The zero-order chi connectivity index (χ0) is 13.3. The van der Waals surface area contributed by atoms with Crippen LogP contribution in [0.25, 0.3) is 0 Å². The van der Waals surface area contributed by atoms with Gasteiger partial charge in [0, 0.05) is 18.3 Å². The van der Waals surface area contributed by atoms with Crippen molar-refractivity contribution >= 4 is 23.3 Å². The van der Waals surface area contributed by atoms with Crippen molar-refractivity contribution in [2.24, 2.45) is 7.05 Å². The van der Waals surface area contributed by atoms with E-state index in [9.17, 15) is 0 Å². The number of nitrogens with two attached hydrogens (primary N) is 1. The summed E-state index contributed by atoms with van der Waals surface area (Å²) in [5, 5.41) is 8.89. The summed E-state index contributed by atoms with van der Waals surface area (Å²) < 4.78 is 1.89. The monoisotopic (exact) mass is 268 g/mol. The van der Waals surface area contributed by atoms with E-state index < -0.39 is 0 Å². The van der Waals surface area contributed by atoms with Crippen molar-refractivity contribution in [1.29, 1.82) is 0 Å². The first-order chi connectivity index (χ1) is 8.52. The summed E-state index contributed by atoms with van der Waals surface area (Å²) in [5.41, 5.74) is 8.02. The maximum absolute atomic E-state index is 6.20. The average molecular weight is 268 g/mol. The highest BCUT2D eigenvalue weighted by atomic mass is 32.2. The van der Waals surface area contributed by atoms with Crippen LogP contribution < -0.4 is 11.1 Å². The lowest BCUT2D eigenvalue weighted by atomic mass is 10.1. The maximum atomic E-state index is 6.20. The summed E-state index contributed by atoms with van der Waals surface area (Å²) in [7, 11) is 1.96. The van der Waals surface area contributed by atoms with Crippen molar-refractivity contribution < 1.29 is 0 Å². The number of hydrogen-bond donors (Lipinski definition) is 2. The number of rotatable bonds is 4. The zero-order valence-electron chi connectivity index (χ0n) is 11.7. The fraction of sp³-hybridized carbons (Fsp3) is 0.769. The lowest BCUT2D eigenvalue weighted by Gasteiger charge is -2.15. The normalized spacial score (nSPS) is 23.8. The highest BCUT2D eigenvalue weighted by Crippen LogP contribution is 2.33. The quantitative estimate of drug-likeness (QED) is 0.881. The molecule has 0 bridgehead atoms. The Bertz CT molecular complexity index is 413. The van der Waals surface area contributed by atoms with Crippen LogP contribution >= 0.6 is 11.8 Å². The molecule has 0 amide bonds. The van der Waals surface area contributed by atoms with Crippen LogP contribution in [0.4, 0.5) is 11.5 Å². The van der Waals surface area contributed by atoms with Crippen molar-refractivity contribution in [2.45, 2.75) is 50.3 Å². The van der Waals surface area contributed by atoms with Gasteiger partial charge in [-0.1, -0.05) is 13.8 Å². The fourth-order valence-electron chi connectivity index (χ4n) is 2.64. The molecular formula is C13H24N4S. The lowest BCUT2D eigenvalue weighted by Crippen LogP contribution is -2.19. The van der Waals surface area contributed by atoms with Gasteiger partial charge >= 0.3 is 0 Å². The van der Waals surface area contributed by atoms with Gasteiger partial charge in [0.15, 0.2) is 0 Å². The summed E-state index contributed by atoms with van der Waals surface area (Å²) in [6.07, 6.45) is 5.95. The van der Waals surface area contributed by atoms with Crippen LogP contribution in [0.2, 0.25) is 0 Å². The maximum Gasteiger partial charge on any atom is 0.148 e. The van der Waals surface area contributed by atoms with Gasteiger partial charge in [0.2, 0.25) is 0 Å². The topological polar surface area (TPSA) is 55.9 Å². The predicted molar refractivity (Wildman–Crippen MR) is 80.3 cm³/mol. The number of thioether (sulfide) groups is 1. The molecule has 3 N–H and O–H groups in total. The molecule has 0 aliphatic heterocycles. The minimum absolute atomic E-state index is 0.370. The van der Waals surface area contributed by atoms with Crippen LogP contribution in [0.3, 0.4) is 0 Å². The molecule has 2 atom stereocenters. The molecule has 2 unspecified atom stereocenters. The number of aromatic nitrogens is 2. The van der Waals surface area contributed by atoms with Gasteiger partial charge in [0.1, 0.15) is 5.82 Å². The summed E-state index contributed by atoms with van der Waals surface area (Å²) in [4.78, 5) is 0. The van der Waals surface area contributed by atoms with Crippen LogP contribution in [0.1, 0.15) is 44.7 Å². The molecule has 4 nitrogen and oxygen atoms in total. The Morgan fingerprint density at radius 3 is 2.67 bits per heavy atom. The highest BCUT2D eigenvalue weighted by Gasteiger charge is 2.26. The van der Waals surface area contributed by atoms with Gasteiger partial charge in [-0.05, 0) is 31.4 Å². The second-order valence-corrected chi connectivity index (χ2v) is 6.58. The lowest BCUT2D eigenvalue weighted by molar-refractivity contribution is 0.693. The van der Waals surface area contributed by atoms with E-state index in [2.05, 4.69) is 30.5 Å². The average Bonchev–Trinajstić information content (AvgIpc) is 2.88. The van der Waals surface area contributed by atoms with Crippen molar-refractivity contribution in [1.82, 2.24) is 9.78 Å². The molecule has 102 valence electrons. The van der Waals surface area contributed by atoms with E-state index in [0.29, 0.717) is 12.0 Å². The number of nitrogens with zero attached hydrogens (tertiary/aromatic N) is 2. The highest BCUT2D eigenvalue weighted by molar-refractivity contribution is 7.99. The Balaban J connectivity index is 2.10. The number of nitrogen functional groups attached to an aromatic ring is 1. The Hall–Kier alpha value is -0.840. The van der Waals surface area contributed by atoms with Gasteiger partial charge in [-0.15, -0.1) is 0 Å². The molecule has 18 heavy (non-hydrogen) atoms. The molecule has 1 aliphatic rings. The zero-order valence-corrected chi connectivity index (χ0v) is 12.5. The molecular weight excluding hydrogens is 244 g/mol. The minimum Gasteiger partial charge on any atom is -0.394 e. The smallest absolute Gasteiger partial charge is 0.148 e. The summed E-state index contributed by atoms with van der Waals surface area (Å²) in [6, 6.07) is 0.542. The minimum atomic E-state index is 0.370. The molecule has 0 spiro atoms. The van der Waals surface area contributed by atoms with E-state index in [1.165, 1.54) is 19.3 Å². The van der Waals surface area contributed by atoms with Crippen molar-refractivity contribution in [2.75, 3.05) is 17.3 Å². The molecule has 1 fully saturated rings. The van der Waals surface area contributed by atoms with E-state index in [0.717, 1.165) is 22.4 Å². The molecule has 2 rings (SSSR count). The third kappa shape index (κ3) is 2.60. The van der Waals surface area contributed by atoms with E-state index in [1.54, 1.807) is 0 Å². The van der Waals surface area contributed by atoms with E-state index in [1.807, 2.05) is 23.5 Å². The third-order valence-electron chi connectivity index (χ3n) is 3.72. The summed E-state index contributed by atoms with van der Waals surface area (Å²) >= 11 is 1.97. The van der Waals surface area contributed by atoms with Gasteiger partial charge in [-0.3, -0.25) is 4.68 Å². The first-order valence-electron chi connectivity index (χ1n) is 6.64. The third-order valence-corrected chi connectivity index (χ3v) is 4.81. The molecule has 1 aromatic rings.